The van der Waals surface area contributed by atoms with E-state index in [1.807, 2.05) is 0 Å². The number of aromatic nitrogens is 1. The SMILES string of the molecule is O=C(Nc1cccc(F)c1)c1cccn(OCc2ccc(F)cc2)c1=O. The second kappa shape index (κ2) is 7.60. The molecule has 0 saturated carbocycles. The van der Waals surface area contributed by atoms with Crippen molar-refractivity contribution in [2.75, 3.05) is 5.32 Å². The highest BCUT2D eigenvalue weighted by Crippen LogP contribution is 2.10. The number of carbonyl (C=O) groups is 1. The predicted octanol–water partition coefficient (Wildman–Crippen LogP) is 3.01. The van der Waals surface area contributed by atoms with Gasteiger partial charge in [-0.1, -0.05) is 18.2 Å². The first-order chi connectivity index (χ1) is 12.5. The van der Waals surface area contributed by atoms with Gasteiger partial charge in [0, 0.05) is 11.9 Å². The summed E-state index contributed by atoms with van der Waals surface area (Å²) in [5.74, 6) is -1.56. The second-order valence-corrected chi connectivity index (χ2v) is 5.42. The smallest absolute Gasteiger partial charge is 0.295 e. The Morgan fingerprint density at radius 1 is 1.00 bits per heavy atom. The Labute approximate surface area is 147 Å². The van der Waals surface area contributed by atoms with Crippen LogP contribution in [0.2, 0.25) is 0 Å². The fourth-order valence-corrected chi connectivity index (χ4v) is 2.24. The molecule has 3 aromatic rings. The molecule has 0 aliphatic heterocycles. The zero-order valence-corrected chi connectivity index (χ0v) is 13.5. The fraction of sp³-hybridized carbons (Fsp3) is 0.0526. The van der Waals surface area contributed by atoms with Crippen LogP contribution in [0.25, 0.3) is 0 Å². The van der Waals surface area contributed by atoms with E-state index in [4.69, 9.17) is 4.84 Å². The molecule has 7 heteroatoms. The van der Waals surface area contributed by atoms with Gasteiger partial charge in [0.25, 0.3) is 11.5 Å². The average Bonchev–Trinajstić information content (AvgIpc) is 2.62. The average molecular weight is 356 g/mol. The monoisotopic (exact) mass is 356 g/mol. The highest BCUT2D eigenvalue weighted by Gasteiger charge is 2.13. The Morgan fingerprint density at radius 2 is 1.77 bits per heavy atom. The van der Waals surface area contributed by atoms with Crippen molar-refractivity contribution in [1.29, 1.82) is 0 Å². The fourth-order valence-electron chi connectivity index (χ4n) is 2.24. The predicted molar refractivity (Wildman–Crippen MR) is 91.7 cm³/mol. The molecular weight excluding hydrogens is 342 g/mol. The number of nitrogens with zero attached hydrogens (tertiary/aromatic N) is 1. The molecule has 26 heavy (non-hydrogen) atoms. The maximum atomic E-state index is 13.2. The Kier molecular flexibility index (Phi) is 5.07. The summed E-state index contributed by atoms with van der Waals surface area (Å²) < 4.78 is 27.0. The van der Waals surface area contributed by atoms with Gasteiger partial charge in [-0.2, -0.15) is 4.73 Å². The zero-order valence-electron chi connectivity index (χ0n) is 13.5. The lowest BCUT2D eigenvalue weighted by Crippen LogP contribution is -2.32. The number of rotatable bonds is 5. The summed E-state index contributed by atoms with van der Waals surface area (Å²) in [6.07, 6.45) is 1.37. The van der Waals surface area contributed by atoms with E-state index in [9.17, 15) is 18.4 Å². The van der Waals surface area contributed by atoms with Gasteiger partial charge < -0.3 is 10.2 Å². The van der Waals surface area contributed by atoms with Gasteiger partial charge in [0.2, 0.25) is 0 Å². The molecule has 0 unspecified atom stereocenters. The number of hydrogen-bond donors (Lipinski definition) is 1. The molecule has 0 radical (unpaired) electrons. The van der Waals surface area contributed by atoms with E-state index in [0.29, 0.717) is 5.56 Å². The normalized spacial score (nSPS) is 10.4. The van der Waals surface area contributed by atoms with Crippen molar-refractivity contribution in [2.45, 2.75) is 6.61 Å². The van der Waals surface area contributed by atoms with E-state index in [2.05, 4.69) is 5.32 Å². The van der Waals surface area contributed by atoms with Crippen molar-refractivity contribution >= 4 is 11.6 Å². The molecule has 2 aromatic carbocycles. The minimum atomic E-state index is -0.680. The molecule has 0 atom stereocenters. The molecule has 1 aromatic heterocycles. The lowest BCUT2D eigenvalue weighted by atomic mass is 10.2. The number of anilines is 1. The molecule has 0 aliphatic rings. The Hall–Kier alpha value is -3.48. The van der Waals surface area contributed by atoms with E-state index in [-0.39, 0.29) is 23.7 Å². The summed E-state index contributed by atoms with van der Waals surface area (Å²) in [6, 6.07) is 13.8. The number of hydrogen-bond acceptors (Lipinski definition) is 3. The number of nitrogens with one attached hydrogen (secondary N) is 1. The van der Waals surface area contributed by atoms with Crippen LogP contribution in [-0.4, -0.2) is 10.6 Å². The van der Waals surface area contributed by atoms with Crippen molar-refractivity contribution < 1.29 is 18.4 Å². The summed E-state index contributed by atoms with van der Waals surface area (Å²) >= 11 is 0. The van der Waals surface area contributed by atoms with Gasteiger partial charge in [0.15, 0.2) is 0 Å². The van der Waals surface area contributed by atoms with Crippen molar-refractivity contribution in [3.63, 3.8) is 0 Å². The first-order valence-electron chi connectivity index (χ1n) is 7.69. The van der Waals surface area contributed by atoms with Crippen LogP contribution < -0.4 is 15.7 Å². The maximum absolute atomic E-state index is 13.2. The second-order valence-electron chi connectivity index (χ2n) is 5.42. The standard InChI is InChI=1S/C19H14F2N2O3/c20-14-8-6-13(7-9-14)12-26-23-10-2-5-17(19(23)25)18(24)22-16-4-1-3-15(21)11-16/h1-11H,12H2,(H,22,24). The summed E-state index contributed by atoms with van der Waals surface area (Å²) in [5.41, 5.74) is 0.0735. The van der Waals surface area contributed by atoms with Gasteiger partial charge in [-0.25, -0.2) is 8.78 Å². The molecule has 0 aliphatic carbocycles. The van der Waals surface area contributed by atoms with E-state index in [0.717, 1.165) is 10.8 Å². The molecule has 1 N–H and O–H groups in total. The summed E-state index contributed by atoms with van der Waals surface area (Å²) in [7, 11) is 0. The maximum Gasteiger partial charge on any atom is 0.295 e. The number of halogens is 2. The molecule has 0 bridgehead atoms. The molecule has 1 amide bonds. The topological polar surface area (TPSA) is 60.3 Å². The highest BCUT2D eigenvalue weighted by molar-refractivity contribution is 6.03. The van der Waals surface area contributed by atoms with Gasteiger partial charge in [-0.15, -0.1) is 0 Å². The molecular formula is C19H14F2N2O3. The van der Waals surface area contributed by atoms with Crippen molar-refractivity contribution in [3.8, 4) is 0 Å². The number of pyridine rings is 1. The number of amides is 1. The third kappa shape index (κ3) is 4.13. The van der Waals surface area contributed by atoms with Crippen LogP contribution in [0.4, 0.5) is 14.5 Å². The van der Waals surface area contributed by atoms with Crippen LogP contribution in [0.1, 0.15) is 15.9 Å². The first-order valence-corrected chi connectivity index (χ1v) is 7.69. The molecule has 5 nitrogen and oxygen atoms in total. The minimum Gasteiger partial charge on any atom is -0.406 e. The molecule has 0 saturated heterocycles. The lowest BCUT2D eigenvalue weighted by Gasteiger charge is -2.10. The Bertz CT molecular complexity index is 985. The summed E-state index contributed by atoms with van der Waals surface area (Å²) in [5, 5.41) is 2.46. The largest absolute Gasteiger partial charge is 0.406 e. The molecule has 3 rings (SSSR count). The van der Waals surface area contributed by atoms with E-state index >= 15 is 0 Å². The molecule has 132 valence electrons. The van der Waals surface area contributed by atoms with Gasteiger partial charge in [0.05, 0.1) is 0 Å². The Balaban J connectivity index is 1.75. The minimum absolute atomic E-state index is 0.0230. The van der Waals surface area contributed by atoms with Crippen LogP contribution in [-0.2, 0) is 6.61 Å². The van der Waals surface area contributed by atoms with E-state index < -0.39 is 17.3 Å². The summed E-state index contributed by atoms with van der Waals surface area (Å²) in [4.78, 5) is 30.0. The number of benzene rings is 2. The highest BCUT2D eigenvalue weighted by atomic mass is 19.1. The molecule has 0 fully saturated rings. The van der Waals surface area contributed by atoms with Gasteiger partial charge in [-0.05, 0) is 48.0 Å². The van der Waals surface area contributed by atoms with E-state index in [1.54, 1.807) is 0 Å². The van der Waals surface area contributed by atoms with Crippen LogP contribution >= 0.6 is 0 Å². The van der Waals surface area contributed by atoms with Crippen LogP contribution in [0.15, 0.2) is 71.7 Å². The van der Waals surface area contributed by atoms with E-state index in [1.165, 1.54) is 60.8 Å². The van der Waals surface area contributed by atoms with Crippen molar-refractivity contribution in [2.24, 2.45) is 0 Å². The van der Waals surface area contributed by atoms with Crippen molar-refractivity contribution in [1.82, 2.24) is 4.73 Å². The Morgan fingerprint density at radius 3 is 2.50 bits per heavy atom. The zero-order chi connectivity index (χ0) is 18.5. The third-order valence-corrected chi connectivity index (χ3v) is 3.53. The van der Waals surface area contributed by atoms with Gasteiger partial charge >= 0.3 is 0 Å². The summed E-state index contributed by atoms with van der Waals surface area (Å²) in [6.45, 7) is 0.0230. The third-order valence-electron chi connectivity index (χ3n) is 3.53. The lowest BCUT2D eigenvalue weighted by molar-refractivity contribution is 0.0863. The van der Waals surface area contributed by atoms with Crippen LogP contribution in [0, 0.1) is 11.6 Å². The van der Waals surface area contributed by atoms with Crippen molar-refractivity contribution in [3.05, 3.63) is 100.0 Å². The first kappa shape index (κ1) is 17.3. The quantitative estimate of drug-likeness (QED) is 0.765. The van der Waals surface area contributed by atoms with Crippen LogP contribution in [0.5, 0.6) is 0 Å². The van der Waals surface area contributed by atoms with Crippen LogP contribution in [0.3, 0.4) is 0 Å². The molecule has 0 spiro atoms. The van der Waals surface area contributed by atoms with Gasteiger partial charge in [-0.3, -0.25) is 9.59 Å². The molecule has 1 heterocycles. The van der Waals surface area contributed by atoms with Gasteiger partial charge in [0.1, 0.15) is 23.8 Å². The number of carbonyl (C=O) groups excluding carboxylic acids is 1.